The van der Waals surface area contributed by atoms with Crippen LogP contribution in [-0.4, -0.2) is 17.3 Å². The third-order valence-electron chi connectivity index (χ3n) is 1.76. The molecule has 1 aromatic carbocycles. The van der Waals surface area contributed by atoms with Crippen LogP contribution in [0, 0.1) is 0 Å². The minimum Gasteiger partial charge on any atom is -0.496 e. The SMILES string of the molecule is COc1ccc(-c2nncs2)cc1Br. The molecule has 0 atom stereocenters. The van der Waals surface area contributed by atoms with Gasteiger partial charge in [0, 0.05) is 5.56 Å². The van der Waals surface area contributed by atoms with Crippen LogP contribution >= 0.6 is 27.3 Å². The summed E-state index contributed by atoms with van der Waals surface area (Å²) in [6.45, 7) is 0. The Labute approximate surface area is 93.9 Å². The fraction of sp³-hybridized carbons (Fsp3) is 0.111. The first kappa shape index (κ1) is 9.61. The van der Waals surface area contributed by atoms with Gasteiger partial charge in [-0.25, -0.2) is 0 Å². The van der Waals surface area contributed by atoms with Crippen molar-refractivity contribution < 1.29 is 4.74 Å². The highest BCUT2D eigenvalue weighted by Crippen LogP contribution is 2.30. The fourth-order valence-electron chi connectivity index (χ4n) is 1.10. The first-order valence-corrected chi connectivity index (χ1v) is 5.58. The van der Waals surface area contributed by atoms with Gasteiger partial charge in [0.2, 0.25) is 0 Å². The van der Waals surface area contributed by atoms with Crippen LogP contribution in [0.3, 0.4) is 0 Å². The summed E-state index contributed by atoms with van der Waals surface area (Å²) in [7, 11) is 1.64. The van der Waals surface area contributed by atoms with E-state index >= 15 is 0 Å². The van der Waals surface area contributed by atoms with E-state index in [2.05, 4.69) is 26.1 Å². The molecule has 0 aliphatic heterocycles. The molecule has 2 rings (SSSR count). The van der Waals surface area contributed by atoms with E-state index in [1.54, 1.807) is 12.6 Å². The van der Waals surface area contributed by atoms with Crippen molar-refractivity contribution >= 4 is 27.3 Å². The van der Waals surface area contributed by atoms with Gasteiger partial charge in [0.25, 0.3) is 0 Å². The van der Waals surface area contributed by atoms with Gasteiger partial charge in [-0.1, -0.05) is 11.3 Å². The average Bonchev–Trinajstić information content (AvgIpc) is 2.70. The molecule has 14 heavy (non-hydrogen) atoms. The summed E-state index contributed by atoms with van der Waals surface area (Å²) in [5, 5.41) is 8.69. The number of rotatable bonds is 2. The molecule has 0 N–H and O–H groups in total. The summed E-state index contributed by atoms with van der Waals surface area (Å²) in [6.07, 6.45) is 0. The molecule has 2 aromatic rings. The van der Waals surface area contributed by atoms with Crippen LogP contribution in [0.2, 0.25) is 0 Å². The molecule has 0 unspecified atom stereocenters. The molecule has 5 heteroatoms. The lowest BCUT2D eigenvalue weighted by atomic mass is 10.2. The predicted molar refractivity (Wildman–Crippen MR) is 59.6 cm³/mol. The van der Waals surface area contributed by atoms with Gasteiger partial charge < -0.3 is 4.74 Å². The maximum atomic E-state index is 5.14. The average molecular weight is 271 g/mol. The van der Waals surface area contributed by atoms with Crippen LogP contribution in [0.4, 0.5) is 0 Å². The number of benzene rings is 1. The second-order valence-electron chi connectivity index (χ2n) is 2.59. The Bertz CT molecular complexity index is 430. The highest BCUT2D eigenvalue weighted by atomic mass is 79.9. The standard InChI is InChI=1S/C9H7BrN2OS/c1-13-8-3-2-6(4-7(8)10)9-12-11-5-14-9/h2-5H,1H3. The molecular formula is C9H7BrN2OS. The second-order valence-corrected chi connectivity index (χ2v) is 4.28. The van der Waals surface area contributed by atoms with Gasteiger partial charge in [-0.2, -0.15) is 0 Å². The molecule has 0 saturated carbocycles. The zero-order valence-corrected chi connectivity index (χ0v) is 9.80. The van der Waals surface area contributed by atoms with Crippen LogP contribution < -0.4 is 4.74 Å². The normalized spacial score (nSPS) is 10.1. The minimum absolute atomic E-state index is 0.818. The molecule has 0 aliphatic rings. The molecule has 0 amide bonds. The highest BCUT2D eigenvalue weighted by molar-refractivity contribution is 9.10. The molecule has 72 valence electrons. The zero-order valence-electron chi connectivity index (χ0n) is 7.40. The van der Waals surface area contributed by atoms with Crippen LogP contribution in [0.15, 0.2) is 28.2 Å². The molecule has 0 fully saturated rings. The highest BCUT2D eigenvalue weighted by Gasteiger charge is 2.05. The number of aromatic nitrogens is 2. The first-order chi connectivity index (χ1) is 6.81. The lowest BCUT2D eigenvalue weighted by molar-refractivity contribution is 0.412. The van der Waals surface area contributed by atoms with Crippen molar-refractivity contribution in [1.29, 1.82) is 0 Å². The van der Waals surface area contributed by atoms with E-state index in [-0.39, 0.29) is 0 Å². The van der Waals surface area contributed by atoms with E-state index in [1.807, 2.05) is 18.2 Å². The minimum atomic E-state index is 0.818. The van der Waals surface area contributed by atoms with E-state index < -0.39 is 0 Å². The smallest absolute Gasteiger partial charge is 0.147 e. The van der Waals surface area contributed by atoms with Crippen molar-refractivity contribution in [2.24, 2.45) is 0 Å². The van der Waals surface area contributed by atoms with Gasteiger partial charge in [0.15, 0.2) is 0 Å². The topological polar surface area (TPSA) is 35.0 Å². The predicted octanol–water partition coefficient (Wildman–Crippen LogP) is 2.98. The van der Waals surface area contributed by atoms with Gasteiger partial charge in [-0.3, -0.25) is 0 Å². The molecule has 0 aliphatic carbocycles. The van der Waals surface area contributed by atoms with Gasteiger partial charge in [0.05, 0.1) is 11.6 Å². The Morgan fingerprint density at radius 3 is 2.86 bits per heavy atom. The number of hydrogen-bond donors (Lipinski definition) is 0. The third-order valence-corrected chi connectivity index (χ3v) is 3.12. The summed E-state index contributed by atoms with van der Waals surface area (Å²) < 4.78 is 6.06. The molecule has 1 heterocycles. The van der Waals surface area contributed by atoms with E-state index in [0.29, 0.717) is 0 Å². The summed E-state index contributed by atoms with van der Waals surface area (Å²) in [5.41, 5.74) is 2.76. The van der Waals surface area contributed by atoms with E-state index in [9.17, 15) is 0 Å². The van der Waals surface area contributed by atoms with E-state index in [1.165, 1.54) is 11.3 Å². The molecule has 0 bridgehead atoms. The van der Waals surface area contributed by atoms with Crippen molar-refractivity contribution in [2.45, 2.75) is 0 Å². The first-order valence-electron chi connectivity index (χ1n) is 3.91. The number of methoxy groups -OCH3 is 1. The summed E-state index contributed by atoms with van der Waals surface area (Å²) in [4.78, 5) is 0. The van der Waals surface area contributed by atoms with Gasteiger partial charge in [0.1, 0.15) is 16.3 Å². The second kappa shape index (κ2) is 4.06. The number of ether oxygens (including phenoxy) is 1. The van der Waals surface area contributed by atoms with Crippen LogP contribution in [0.25, 0.3) is 10.6 Å². The monoisotopic (exact) mass is 270 g/mol. The zero-order chi connectivity index (χ0) is 9.97. The fourth-order valence-corrected chi connectivity index (χ4v) is 2.19. The Hall–Kier alpha value is -0.940. The molecule has 0 radical (unpaired) electrons. The van der Waals surface area contributed by atoms with Crippen molar-refractivity contribution in [2.75, 3.05) is 7.11 Å². The summed E-state index contributed by atoms with van der Waals surface area (Å²) in [5.74, 6) is 0.818. The molecule has 1 aromatic heterocycles. The van der Waals surface area contributed by atoms with Crippen LogP contribution in [0.5, 0.6) is 5.75 Å². The Balaban J connectivity index is 2.43. The Morgan fingerprint density at radius 1 is 1.43 bits per heavy atom. The number of nitrogens with zero attached hydrogens (tertiary/aromatic N) is 2. The molecule has 3 nitrogen and oxygen atoms in total. The molecule has 0 spiro atoms. The van der Waals surface area contributed by atoms with Gasteiger partial charge in [-0.15, -0.1) is 10.2 Å². The quantitative estimate of drug-likeness (QED) is 0.842. The Morgan fingerprint density at radius 2 is 2.29 bits per heavy atom. The third kappa shape index (κ3) is 1.78. The van der Waals surface area contributed by atoms with E-state index in [0.717, 1.165) is 20.8 Å². The van der Waals surface area contributed by atoms with E-state index in [4.69, 9.17) is 4.74 Å². The van der Waals surface area contributed by atoms with Crippen molar-refractivity contribution in [1.82, 2.24) is 10.2 Å². The van der Waals surface area contributed by atoms with Crippen molar-refractivity contribution in [3.05, 3.63) is 28.2 Å². The van der Waals surface area contributed by atoms with Crippen LogP contribution in [0.1, 0.15) is 0 Å². The van der Waals surface area contributed by atoms with Crippen molar-refractivity contribution in [3.8, 4) is 16.3 Å². The Kier molecular flexibility index (Phi) is 2.79. The summed E-state index contributed by atoms with van der Waals surface area (Å²) in [6, 6.07) is 5.84. The number of hydrogen-bond acceptors (Lipinski definition) is 4. The maximum absolute atomic E-state index is 5.14. The number of halogens is 1. The lowest BCUT2D eigenvalue weighted by Crippen LogP contribution is -1.85. The maximum Gasteiger partial charge on any atom is 0.147 e. The molecular weight excluding hydrogens is 264 g/mol. The van der Waals surface area contributed by atoms with Crippen molar-refractivity contribution in [3.63, 3.8) is 0 Å². The lowest BCUT2D eigenvalue weighted by Gasteiger charge is -2.03. The summed E-state index contributed by atoms with van der Waals surface area (Å²) >= 11 is 4.94. The molecule has 0 saturated heterocycles. The van der Waals surface area contributed by atoms with Gasteiger partial charge in [-0.05, 0) is 34.1 Å². The largest absolute Gasteiger partial charge is 0.496 e. The van der Waals surface area contributed by atoms with Gasteiger partial charge >= 0.3 is 0 Å². The van der Waals surface area contributed by atoms with Crippen LogP contribution in [-0.2, 0) is 0 Å².